The highest BCUT2D eigenvalue weighted by Crippen LogP contribution is 2.34. The molecule has 4 heteroatoms. The molecular weight excluding hydrogens is 248 g/mol. The molecule has 1 aliphatic heterocycles. The Hall–Kier alpha value is -0.770. The van der Waals surface area contributed by atoms with Gasteiger partial charge in [0.1, 0.15) is 5.75 Å². The number of rotatable bonds is 4. The first-order chi connectivity index (χ1) is 8.67. The summed E-state index contributed by atoms with van der Waals surface area (Å²) in [6.07, 6.45) is 1.20. The van der Waals surface area contributed by atoms with Gasteiger partial charge in [-0.1, -0.05) is 11.6 Å². The molecule has 3 nitrogen and oxygen atoms in total. The molecular formula is C14H21ClN2O. The van der Waals surface area contributed by atoms with Crippen molar-refractivity contribution in [3.05, 3.63) is 28.3 Å². The maximum atomic E-state index is 6.24. The SMILES string of the molecule is CNC(c1cc(Cl)c(OC)cc1C)C1CCNC1. The van der Waals surface area contributed by atoms with Crippen molar-refractivity contribution in [3.8, 4) is 5.75 Å². The van der Waals surface area contributed by atoms with Gasteiger partial charge in [-0.25, -0.2) is 0 Å². The predicted octanol–water partition coefficient (Wildman–Crippen LogP) is 2.53. The standard InChI is InChI=1S/C14H21ClN2O/c1-9-6-13(18-3)12(15)7-11(9)14(16-2)10-4-5-17-8-10/h6-7,10,14,16-17H,4-5,8H2,1-3H3. The molecule has 2 unspecified atom stereocenters. The fourth-order valence-electron chi connectivity index (χ4n) is 2.77. The van der Waals surface area contributed by atoms with Crippen molar-refractivity contribution in [1.82, 2.24) is 10.6 Å². The number of methoxy groups -OCH3 is 1. The van der Waals surface area contributed by atoms with Crippen LogP contribution in [0.3, 0.4) is 0 Å². The third kappa shape index (κ3) is 2.63. The monoisotopic (exact) mass is 268 g/mol. The van der Waals surface area contributed by atoms with Crippen molar-refractivity contribution < 1.29 is 4.74 Å². The van der Waals surface area contributed by atoms with E-state index in [1.54, 1.807) is 7.11 Å². The predicted molar refractivity (Wildman–Crippen MR) is 75.5 cm³/mol. The van der Waals surface area contributed by atoms with Crippen molar-refractivity contribution in [3.63, 3.8) is 0 Å². The van der Waals surface area contributed by atoms with E-state index in [-0.39, 0.29) is 0 Å². The molecule has 2 N–H and O–H groups in total. The molecule has 0 saturated carbocycles. The lowest BCUT2D eigenvalue weighted by molar-refractivity contribution is 0.403. The number of ether oxygens (including phenoxy) is 1. The van der Waals surface area contributed by atoms with Crippen LogP contribution in [0.15, 0.2) is 12.1 Å². The molecule has 18 heavy (non-hydrogen) atoms. The second kappa shape index (κ2) is 5.91. The van der Waals surface area contributed by atoms with Gasteiger partial charge in [-0.3, -0.25) is 0 Å². The minimum Gasteiger partial charge on any atom is -0.495 e. The average molecular weight is 269 g/mol. The molecule has 1 fully saturated rings. The van der Waals surface area contributed by atoms with Gasteiger partial charge in [0, 0.05) is 6.04 Å². The number of halogens is 1. The second-order valence-corrected chi connectivity index (χ2v) is 5.27. The summed E-state index contributed by atoms with van der Waals surface area (Å²) < 4.78 is 5.25. The van der Waals surface area contributed by atoms with Gasteiger partial charge in [-0.2, -0.15) is 0 Å². The van der Waals surface area contributed by atoms with Crippen molar-refractivity contribution in [1.29, 1.82) is 0 Å². The van der Waals surface area contributed by atoms with Gasteiger partial charge < -0.3 is 15.4 Å². The number of hydrogen-bond donors (Lipinski definition) is 2. The van der Waals surface area contributed by atoms with Crippen LogP contribution in [0.25, 0.3) is 0 Å². The number of aryl methyl sites for hydroxylation is 1. The third-order valence-corrected chi connectivity index (χ3v) is 4.05. The average Bonchev–Trinajstić information content (AvgIpc) is 2.87. The first-order valence-electron chi connectivity index (χ1n) is 6.39. The van der Waals surface area contributed by atoms with Crippen molar-refractivity contribution in [2.24, 2.45) is 5.92 Å². The van der Waals surface area contributed by atoms with E-state index in [4.69, 9.17) is 16.3 Å². The van der Waals surface area contributed by atoms with E-state index in [1.807, 2.05) is 19.2 Å². The minimum atomic E-state index is 0.350. The van der Waals surface area contributed by atoms with Crippen LogP contribution in [-0.2, 0) is 0 Å². The molecule has 0 amide bonds. The molecule has 0 spiro atoms. The Bertz CT molecular complexity index is 417. The van der Waals surface area contributed by atoms with Crippen LogP contribution >= 0.6 is 11.6 Å². The zero-order valence-corrected chi connectivity index (χ0v) is 12.0. The molecule has 100 valence electrons. The largest absolute Gasteiger partial charge is 0.495 e. The molecule has 0 aliphatic carbocycles. The van der Waals surface area contributed by atoms with Gasteiger partial charge in [0.2, 0.25) is 0 Å². The zero-order valence-electron chi connectivity index (χ0n) is 11.2. The van der Waals surface area contributed by atoms with Crippen molar-refractivity contribution in [2.75, 3.05) is 27.2 Å². The van der Waals surface area contributed by atoms with Crippen LogP contribution in [0.4, 0.5) is 0 Å². The van der Waals surface area contributed by atoms with Gasteiger partial charge in [-0.15, -0.1) is 0 Å². The topological polar surface area (TPSA) is 33.3 Å². The van der Waals surface area contributed by atoms with Gasteiger partial charge in [-0.05, 0) is 62.7 Å². The zero-order chi connectivity index (χ0) is 13.1. The minimum absolute atomic E-state index is 0.350. The molecule has 2 rings (SSSR count). The quantitative estimate of drug-likeness (QED) is 0.880. The highest BCUT2D eigenvalue weighted by molar-refractivity contribution is 6.32. The summed E-state index contributed by atoms with van der Waals surface area (Å²) in [6, 6.07) is 4.41. The molecule has 0 bridgehead atoms. The summed E-state index contributed by atoms with van der Waals surface area (Å²) in [4.78, 5) is 0. The Balaban J connectivity index is 2.32. The molecule has 1 aromatic rings. The summed E-state index contributed by atoms with van der Waals surface area (Å²) in [6.45, 7) is 4.28. The van der Waals surface area contributed by atoms with E-state index in [0.717, 1.165) is 18.8 Å². The summed E-state index contributed by atoms with van der Waals surface area (Å²) in [7, 11) is 3.66. The first kappa shape index (κ1) is 13.7. The van der Waals surface area contributed by atoms with E-state index in [2.05, 4.69) is 17.6 Å². The molecule has 1 heterocycles. The van der Waals surface area contributed by atoms with Gasteiger partial charge in [0.05, 0.1) is 12.1 Å². The molecule has 2 atom stereocenters. The maximum absolute atomic E-state index is 6.24. The van der Waals surface area contributed by atoms with Crippen molar-refractivity contribution in [2.45, 2.75) is 19.4 Å². The van der Waals surface area contributed by atoms with Crippen LogP contribution in [0, 0.1) is 12.8 Å². The van der Waals surface area contributed by atoms with E-state index in [0.29, 0.717) is 17.0 Å². The molecule has 0 radical (unpaired) electrons. The summed E-state index contributed by atoms with van der Waals surface area (Å²) in [5.41, 5.74) is 2.50. The Morgan fingerprint density at radius 3 is 2.83 bits per heavy atom. The Morgan fingerprint density at radius 1 is 1.50 bits per heavy atom. The Kier molecular flexibility index (Phi) is 4.49. The summed E-state index contributed by atoms with van der Waals surface area (Å²) in [5.74, 6) is 1.37. The molecule has 1 saturated heterocycles. The lowest BCUT2D eigenvalue weighted by atomic mass is 9.89. The van der Waals surface area contributed by atoms with Gasteiger partial charge in [0.25, 0.3) is 0 Å². The second-order valence-electron chi connectivity index (χ2n) is 4.86. The van der Waals surface area contributed by atoms with Crippen LogP contribution in [0.1, 0.15) is 23.6 Å². The molecule has 0 aromatic heterocycles. The normalized spacial score (nSPS) is 21.0. The van der Waals surface area contributed by atoms with Crippen LogP contribution in [-0.4, -0.2) is 27.2 Å². The Labute approximate surface area is 114 Å². The lowest BCUT2D eigenvalue weighted by Crippen LogP contribution is -2.27. The van der Waals surface area contributed by atoms with Crippen molar-refractivity contribution >= 4 is 11.6 Å². The number of nitrogens with one attached hydrogen (secondary N) is 2. The van der Waals surface area contributed by atoms with Crippen LogP contribution in [0.5, 0.6) is 5.75 Å². The first-order valence-corrected chi connectivity index (χ1v) is 6.77. The fraction of sp³-hybridized carbons (Fsp3) is 0.571. The van der Waals surface area contributed by atoms with E-state index in [1.165, 1.54) is 17.5 Å². The number of hydrogen-bond acceptors (Lipinski definition) is 3. The van der Waals surface area contributed by atoms with E-state index >= 15 is 0 Å². The van der Waals surface area contributed by atoms with E-state index < -0.39 is 0 Å². The molecule has 1 aromatic carbocycles. The lowest BCUT2D eigenvalue weighted by Gasteiger charge is -2.25. The summed E-state index contributed by atoms with van der Waals surface area (Å²) >= 11 is 6.24. The van der Waals surface area contributed by atoms with Gasteiger partial charge >= 0.3 is 0 Å². The van der Waals surface area contributed by atoms with Crippen LogP contribution in [0.2, 0.25) is 5.02 Å². The Morgan fingerprint density at radius 2 is 2.28 bits per heavy atom. The molecule has 1 aliphatic rings. The third-order valence-electron chi connectivity index (χ3n) is 3.76. The van der Waals surface area contributed by atoms with Gasteiger partial charge in [0.15, 0.2) is 0 Å². The highest BCUT2D eigenvalue weighted by Gasteiger charge is 2.26. The smallest absolute Gasteiger partial charge is 0.137 e. The fourth-order valence-corrected chi connectivity index (χ4v) is 3.02. The summed E-state index contributed by atoms with van der Waals surface area (Å²) in [5, 5.41) is 7.53. The van der Waals surface area contributed by atoms with E-state index in [9.17, 15) is 0 Å². The maximum Gasteiger partial charge on any atom is 0.137 e. The highest BCUT2D eigenvalue weighted by atomic mass is 35.5. The van der Waals surface area contributed by atoms with Crippen LogP contribution < -0.4 is 15.4 Å². The number of benzene rings is 1.